The molecule has 0 radical (unpaired) electrons. The molecule has 0 fully saturated rings. The Bertz CT molecular complexity index is 4370. The van der Waals surface area contributed by atoms with Gasteiger partial charge in [-0.25, -0.2) is 0 Å². The Morgan fingerprint density at radius 1 is 0.474 bits per heavy atom. The van der Waals surface area contributed by atoms with Crippen LogP contribution in [0, 0.1) is 34.6 Å². The van der Waals surface area contributed by atoms with E-state index in [4.69, 9.17) is 4.42 Å². The van der Waals surface area contributed by atoms with Crippen molar-refractivity contribution in [2.75, 3.05) is 9.80 Å². The molecule has 0 saturated heterocycles. The SMILES string of the molecule is Cc1cc2c3c(c1)N(c1c(C)cc(C4=CCCC=C4)cc1C)c1cc4c(cc1B3c1ccc(C(C)(C)C)cc1N2c1c(C)cc(-c2cccc3c2oc2ccccc23)cc1C)c1cc(C(C)(C)C)ccc1n4-c1ccccc1. The molecule has 1 aliphatic carbocycles. The third kappa shape index (κ3) is 7.34. The van der Waals surface area contributed by atoms with Crippen molar-refractivity contribution in [3.8, 4) is 16.8 Å². The Hall–Kier alpha value is -8.28. The number of aromatic nitrogens is 1. The highest BCUT2D eigenvalue weighted by Crippen LogP contribution is 2.51. The smallest absolute Gasteiger partial charge is 0.252 e. The first-order chi connectivity index (χ1) is 37.5. The van der Waals surface area contributed by atoms with Crippen LogP contribution in [-0.2, 0) is 10.8 Å². The number of hydrogen-bond acceptors (Lipinski definition) is 3. The summed E-state index contributed by atoms with van der Waals surface area (Å²) in [6, 6.07) is 60.3. The quantitative estimate of drug-likeness (QED) is 0.161. The molecule has 5 heteroatoms. The van der Waals surface area contributed by atoms with Gasteiger partial charge in [-0.1, -0.05) is 139 Å². The molecule has 4 nitrogen and oxygen atoms in total. The summed E-state index contributed by atoms with van der Waals surface area (Å²) in [5.74, 6) is 0. The summed E-state index contributed by atoms with van der Waals surface area (Å²) in [5.41, 5.74) is 30.3. The molecule has 9 aromatic carbocycles. The Labute approximate surface area is 460 Å². The van der Waals surface area contributed by atoms with E-state index in [0.29, 0.717) is 0 Å². The van der Waals surface area contributed by atoms with Crippen LogP contribution in [0.15, 0.2) is 180 Å². The number of fused-ring (bicyclic) bond motifs is 10. The lowest BCUT2D eigenvalue weighted by atomic mass is 9.33. The maximum atomic E-state index is 6.66. The minimum absolute atomic E-state index is 0.0253. The molecule has 382 valence electrons. The Balaban J connectivity index is 1.07. The molecule has 11 aromatic rings. The fourth-order valence-electron chi connectivity index (χ4n) is 13.7. The molecule has 14 rings (SSSR count). The van der Waals surface area contributed by atoms with Gasteiger partial charge in [0.2, 0.25) is 0 Å². The van der Waals surface area contributed by atoms with Crippen LogP contribution < -0.4 is 26.2 Å². The maximum Gasteiger partial charge on any atom is 0.252 e. The van der Waals surface area contributed by atoms with Crippen LogP contribution in [0.25, 0.3) is 66.1 Å². The van der Waals surface area contributed by atoms with Gasteiger partial charge < -0.3 is 18.8 Å². The van der Waals surface area contributed by atoms with E-state index in [0.717, 1.165) is 51.6 Å². The topological polar surface area (TPSA) is 24.6 Å². The van der Waals surface area contributed by atoms with E-state index in [1.165, 1.54) is 122 Å². The average Bonchev–Trinajstić information content (AvgIpc) is 3.62. The third-order valence-corrected chi connectivity index (χ3v) is 17.3. The van der Waals surface area contributed by atoms with Crippen molar-refractivity contribution in [3.63, 3.8) is 0 Å². The van der Waals surface area contributed by atoms with Gasteiger partial charge in [-0.05, 0) is 209 Å². The summed E-state index contributed by atoms with van der Waals surface area (Å²) in [6.07, 6.45) is 9.20. The zero-order valence-electron chi connectivity index (χ0n) is 47.0. The van der Waals surface area contributed by atoms with Gasteiger partial charge in [0, 0.05) is 55.5 Å². The van der Waals surface area contributed by atoms with Crippen molar-refractivity contribution in [2.24, 2.45) is 0 Å². The van der Waals surface area contributed by atoms with Gasteiger partial charge in [-0.3, -0.25) is 0 Å². The van der Waals surface area contributed by atoms with Crippen LogP contribution in [0.4, 0.5) is 34.1 Å². The van der Waals surface area contributed by atoms with Gasteiger partial charge in [-0.2, -0.15) is 0 Å². The first kappa shape index (κ1) is 48.1. The summed E-state index contributed by atoms with van der Waals surface area (Å²) < 4.78 is 9.17. The molecule has 0 saturated carbocycles. The van der Waals surface area contributed by atoms with Crippen molar-refractivity contribution >= 4 is 107 Å². The number of anilines is 6. The summed E-state index contributed by atoms with van der Waals surface area (Å²) >= 11 is 0. The average molecular weight is 1010 g/mol. The zero-order chi connectivity index (χ0) is 53.7. The van der Waals surface area contributed by atoms with Crippen LogP contribution in [0.3, 0.4) is 0 Å². The van der Waals surface area contributed by atoms with Crippen LogP contribution in [0.5, 0.6) is 0 Å². The van der Waals surface area contributed by atoms with Gasteiger partial charge in [-0.15, -0.1) is 0 Å². The summed E-state index contributed by atoms with van der Waals surface area (Å²) in [7, 11) is 0. The summed E-state index contributed by atoms with van der Waals surface area (Å²) in [4.78, 5) is 5.31. The van der Waals surface area contributed by atoms with Crippen LogP contribution in [0.2, 0.25) is 0 Å². The molecule has 0 spiro atoms. The molecule has 0 atom stereocenters. The predicted molar refractivity (Wildman–Crippen MR) is 335 cm³/mol. The second kappa shape index (κ2) is 17.4. The monoisotopic (exact) mass is 1010 g/mol. The highest BCUT2D eigenvalue weighted by molar-refractivity contribution is 7.00. The lowest BCUT2D eigenvalue weighted by molar-refractivity contribution is 0.590. The van der Waals surface area contributed by atoms with E-state index in [1.807, 2.05) is 0 Å². The molecular weight excluding hydrogens is 946 g/mol. The van der Waals surface area contributed by atoms with Gasteiger partial charge in [0.15, 0.2) is 0 Å². The Kier molecular flexibility index (Phi) is 10.7. The number of aryl methyl sites for hydroxylation is 5. The minimum atomic E-state index is -0.0832. The van der Waals surface area contributed by atoms with Gasteiger partial charge in [0.05, 0.1) is 22.4 Å². The van der Waals surface area contributed by atoms with E-state index in [1.54, 1.807) is 0 Å². The first-order valence-electron chi connectivity index (χ1n) is 28.1. The highest BCUT2D eigenvalue weighted by atomic mass is 16.3. The van der Waals surface area contributed by atoms with Crippen molar-refractivity contribution < 1.29 is 4.42 Å². The Morgan fingerprint density at radius 3 is 1.74 bits per heavy atom. The van der Waals surface area contributed by atoms with E-state index >= 15 is 0 Å². The second-order valence-corrected chi connectivity index (χ2v) is 24.8. The molecule has 0 bridgehead atoms. The number of rotatable bonds is 5. The van der Waals surface area contributed by atoms with Crippen LogP contribution >= 0.6 is 0 Å². The number of furan rings is 1. The van der Waals surface area contributed by atoms with Crippen LogP contribution in [-0.4, -0.2) is 11.3 Å². The molecule has 0 unspecified atom stereocenters. The van der Waals surface area contributed by atoms with E-state index in [9.17, 15) is 0 Å². The number of benzene rings is 9. The highest BCUT2D eigenvalue weighted by Gasteiger charge is 2.45. The number of para-hydroxylation sites is 3. The first-order valence-corrected chi connectivity index (χ1v) is 28.1. The molecular formula is C73H66BN3O. The van der Waals surface area contributed by atoms with Crippen molar-refractivity contribution in [1.82, 2.24) is 4.57 Å². The number of nitrogens with zero attached hydrogens (tertiary/aromatic N) is 3. The zero-order valence-corrected chi connectivity index (χ0v) is 47.0. The molecule has 78 heavy (non-hydrogen) atoms. The minimum Gasteiger partial charge on any atom is -0.455 e. The van der Waals surface area contributed by atoms with Crippen LogP contribution in [0.1, 0.15) is 98.9 Å². The van der Waals surface area contributed by atoms with Crippen molar-refractivity contribution in [2.45, 2.75) is 99.8 Å². The normalized spacial score (nSPS) is 14.2. The molecule has 2 aliphatic heterocycles. The molecule has 3 aliphatic rings. The molecule has 4 heterocycles. The molecule has 2 aromatic heterocycles. The summed E-state index contributed by atoms with van der Waals surface area (Å²) in [6.45, 7) is 25.5. The fraction of sp³-hybridized carbons (Fsp3) is 0.205. The predicted octanol–water partition coefficient (Wildman–Crippen LogP) is 18.3. The van der Waals surface area contributed by atoms with Gasteiger partial charge in [0.25, 0.3) is 6.71 Å². The summed E-state index contributed by atoms with van der Waals surface area (Å²) in [5, 5.41) is 4.84. The Morgan fingerprint density at radius 2 is 1.08 bits per heavy atom. The molecule has 0 amide bonds. The van der Waals surface area contributed by atoms with Gasteiger partial charge >= 0.3 is 0 Å². The van der Waals surface area contributed by atoms with Crippen molar-refractivity contribution in [1.29, 1.82) is 0 Å². The lowest BCUT2D eigenvalue weighted by Crippen LogP contribution is -2.61. The van der Waals surface area contributed by atoms with E-state index < -0.39 is 0 Å². The maximum absolute atomic E-state index is 6.66. The fourth-order valence-corrected chi connectivity index (χ4v) is 13.7. The lowest BCUT2D eigenvalue weighted by Gasteiger charge is -2.46. The third-order valence-electron chi connectivity index (χ3n) is 17.3. The van der Waals surface area contributed by atoms with Crippen molar-refractivity contribution in [3.05, 3.63) is 220 Å². The number of allylic oxidation sites excluding steroid dienone is 4. The second-order valence-electron chi connectivity index (χ2n) is 24.8. The van der Waals surface area contributed by atoms with E-state index in [-0.39, 0.29) is 17.5 Å². The standard InChI is InChI=1S/C73H66BN3O/c1-43-33-65-68-66(34-43)77(69-44(2)35-49(36-45(69)3)48-21-14-12-15-22-48)64-42-62-58(57-39-51(72(6,7)8)30-32-61(57)75(62)53-23-16-13-17-24-53)41-60(64)74(68)59-31-29-52(73(9,10)11)40-63(59)76(65)70-46(4)37-50(38-47(70)5)54-26-20-27-56-55-25-18-19-28-67(55)78-71(54)56/h13-14,16-42H,12,15H2,1-11H3. The largest absolute Gasteiger partial charge is 0.455 e. The van der Waals surface area contributed by atoms with E-state index in [2.05, 4.69) is 266 Å². The number of hydrogen-bond donors (Lipinski definition) is 0. The van der Waals surface area contributed by atoms with Gasteiger partial charge in [0.1, 0.15) is 11.2 Å². The molecule has 0 N–H and O–H groups in total.